The molecule has 4 saturated carbocycles. The minimum absolute atomic E-state index is 0. The van der Waals surface area contributed by atoms with Crippen LogP contribution in [-0.2, 0) is 0 Å². The second-order valence-electron chi connectivity index (χ2n) is 9.85. The van der Waals surface area contributed by atoms with E-state index in [0.717, 1.165) is 62.6 Å². The van der Waals surface area contributed by atoms with E-state index >= 15 is 0 Å². The van der Waals surface area contributed by atoms with Crippen molar-refractivity contribution in [2.75, 3.05) is 37.6 Å². The summed E-state index contributed by atoms with van der Waals surface area (Å²) in [6.07, 6.45) is 9.37. The zero-order valence-corrected chi connectivity index (χ0v) is 18.7. The number of rotatable bonds is 4. The number of carbonyl (C=O) groups is 1. The predicted octanol–water partition coefficient (Wildman–Crippen LogP) is 4.51. The molecular formula is C23H33Cl2N3O. The van der Waals surface area contributed by atoms with Crippen LogP contribution in [-0.4, -0.2) is 38.6 Å². The summed E-state index contributed by atoms with van der Waals surface area (Å²) in [5, 5.41) is 7.27. The zero-order chi connectivity index (χ0) is 19.1. The fraction of sp³-hybridized carbons (Fsp3) is 0.696. The van der Waals surface area contributed by atoms with Crippen molar-refractivity contribution in [3.05, 3.63) is 28.8 Å². The van der Waals surface area contributed by atoms with E-state index in [2.05, 4.69) is 15.5 Å². The minimum atomic E-state index is -0.00413. The highest BCUT2D eigenvalue weighted by atomic mass is 35.5. The van der Waals surface area contributed by atoms with Crippen LogP contribution < -0.4 is 15.5 Å². The third-order valence-corrected chi connectivity index (χ3v) is 8.02. The van der Waals surface area contributed by atoms with Crippen molar-refractivity contribution >= 4 is 35.6 Å². The van der Waals surface area contributed by atoms with E-state index in [0.29, 0.717) is 16.0 Å². The average Bonchev–Trinajstić information content (AvgIpc) is 2.95. The van der Waals surface area contributed by atoms with Crippen molar-refractivity contribution in [1.29, 1.82) is 0 Å². The zero-order valence-electron chi connectivity index (χ0n) is 17.1. The Morgan fingerprint density at radius 1 is 1.10 bits per heavy atom. The third kappa shape index (κ3) is 4.40. The third-order valence-electron chi connectivity index (χ3n) is 7.69. The van der Waals surface area contributed by atoms with Gasteiger partial charge in [-0.2, -0.15) is 0 Å². The summed E-state index contributed by atoms with van der Waals surface area (Å²) >= 11 is 6.43. The van der Waals surface area contributed by atoms with Gasteiger partial charge in [-0.15, -0.1) is 12.4 Å². The fourth-order valence-electron chi connectivity index (χ4n) is 6.86. The Morgan fingerprint density at radius 2 is 1.79 bits per heavy atom. The molecule has 0 spiro atoms. The summed E-state index contributed by atoms with van der Waals surface area (Å²) < 4.78 is 0. The van der Waals surface area contributed by atoms with Gasteiger partial charge in [0.05, 0.1) is 10.6 Å². The van der Waals surface area contributed by atoms with Gasteiger partial charge in [0.1, 0.15) is 0 Å². The van der Waals surface area contributed by atoms with Gasteiger partial charge >= 0.3 is 0 Å². The lowest BCUT2D eigenvalue weighted by atomic mass is 9.49. The Bertz CT molecular complexity index is 710. The Balaban J connectivity index is 0.00000205. The SMILES string of the molecule is Cl.O=C(NCC12CC3CC(CC(C3)C1)C2)c1cc(N2CCCNCC2)ccc1Cl. The molecule has 4 aliphatic carbocycles. The van der Waals surface area contributed by atoms with Gasteiger partial charge in [-0.25, -0.2) is 0 Å². The molecule has 4 bridgehead atoms. The van der Waals surface area contributed by atoms with E-state index in [1.165, 1.54) is 38.5 Å². The van der Waals surface area contributed by atoms with Crippen LogP contribution in [0.4, 0.5) is 5.69 Å². The van der Waals surface area contributed by atoms with Crippen molar-refractivity contribution in [3.63, 3.8) is 0 Å². The standard InChI is InChI=1S/C23H32ClN3O.ClH/c24-21-3-2-19(27-6-1-4-25-5-7-27)11-20(21)22(28)26-15-23-12-16-8-17(13-23)10-18(9-16)14-23;/h2-3,11,16-18,25H,1,4-10,12-15H2,(H,26,28);1H. The molecule has 2 N–H and O–H groups in total. The number of halogens is 2. The summed E-state index contributed by atoms with van der Waals surface area (Å²) in [5.41, 5.74) is 2.08. The highest BCUT2D eigenvalue weighted by molar-refractivity contribution is 6.34. The monoisotopic (exact) mass is 437 g/mol. The first kappa shape index (κ1) is 21.3. The minimum Gasteiger partial charge on any atom is -0.370 e. The van der Waals surface area contributed by atoms with Gasteiger partial charge < -0.3 is 15.5 Å². The van der Waals surface area contributed by atoms with Crippen molar-refractivity contribution in [2.24, 2.45) is 23.2 Å². The van der Waals surface area contributed by atoms with Gasteiger partial charge in [-0.1, -0.05) is 11.6 Å². The number of benzene rings is 1. The number of nitrogens with one attached hydrogen (secondary N) is 2. The van der Waals surface area contributed by atoms with Gasteiger partial charge in [-0.05, 0) is 92.9 Å². The Hall–Kier alpha value is -0.970. The highest BCUT2D eigenvalue weighted by Gasteiger charge is 2.50. The molecular weight excluding hydrogens is 405 g/mol. The van der Waals surface area contributed by atoms with Gasteiger partial charge in [-0.3, -0.25) is 4.79 Å². The van der Waals surface area contributed by atoms with Crippen LogP contribution in [0.15, 0.2) is 18.2 Å². The maximum Gasteiger partial charge on any atom is 0.252 e. The van der Waals surface area contributed by atoms with E-state index in [4.69, 9.17) is 11.6 Å². The molecule has 0 radical (unpaired) electrons. The fourth-order valence-corrected chi connectivity index (χ4v) is 7.06. The number of amides is 1. The molecule has 0 atom stereocenters. The Labute approximate surface area is 185 Å². The first-order valence-corrected chi connectivity index (χ1v) is 11.5. The second kappa shape index (κ2) is 8.64. The molecule has 1 heterocycles. The number of hydrogen-bond donors (Lipinski definition) is 2. The Morgan fingerprint density at radius 3 is 2.48 bits per heavy atom. The van der Waals surface area contributed by atoms with E-state index in [-0.39, 0.29) is 18.3 Å². The molecule has 6 heteroatoms. The predicted molar refractivity (Wildman–Crippen MR) is 121 cm³/mol. The van der Waals surface area contributed by atoms with Gasteiger partial charge in [0.25, 0.3) is 5.91 Å². The van der Waals surface area contributed by atoms with Crippen LogP contribution >= 0.6 is 24.0 Å². The average molecular weight is 438 g/mol. The van der Waals surface area contributed by atoms with Crippen LogP contribution in [0.3, 0.4) is 0 Å². The molecule has 1 aromatic rings. The number of carbonyl (C=O) groups excluding carboxylic acids is 1. The molecule has 0 aromatic heterocycles. The van der Waals surface area contributed by atoms with E-state index in [1.807, 2.05) is 18.2 Å². The van der Waals surface area contributed by atoms with Crippen LogP contribution in [0.1, 0.15) is 55.3 Å². The second-order valence-corrected chi connectivity index (χ2v) is 10.3. The van der Waals surface area contributed by atoms with Crippen molar-refractivity contribution in [2.45, 2.75) is 44.9 Å². The molecule has 5 fully saturated rings. The normalized spacial score (nSPS) is 33.1. The summed E-state index contributed by atoms with van der Waals surface area (Å²) in [7, 11) is 0. The molecule has 1 saturated heterocycles. The van der Waals surface area contributed by atoms with Gasteiger partial charge in [0.2, 0.25) is 0 Å². The molecule has 0 unspecified atom stereocenters. The van der Waals surface area contributed by atoms with Crippen LogP contribution in [0.2, 0.25) is 5.02 Å². The quantitative estimate of drug-likeness (QED) is 0.727. The smallest absolute Gasteiger partial charge is 0.252 e. The first-order chi connectivity index (χ1) is 13.6. The van der Waals surface area contributed by atoms with E-state index < -0.39 is 0 Å². The molecule has 4 nitrogen and oxygen atoms in total. The first-order valence-electron chi connectivity index (χ1n) is 11.1. The number of nitrogens with zero attached hydrogens (tertiary/aromatic N) is 1. The maximum atomic E-state index is 13.0. The molecule has 29 heavy (non-hydrogen) atoms. The summed E-state index contributed by atoms with van der Waals surface area (Å²) in [5.74, 6) is 2.72. The molecule has 1 amide bonds. The lowest BCUT2D eigenvalue weighted by molar-refractivity contribution is -0.0503. The van der Waals surface area contributed by atoms with Crippen molar-refractivity contribution in [3.8, 4) is 0 Å². The molecule has 160 valence electrons. The van der Waals surface area contributed by atoms with Crippen molar-refractivity contribution < 1.29 is 4.79 Å². The van der Waals surface area contributed by atoms with Gasteiger partial charge in [0.15, 0.2) is 0 Å². The summed E-state index contributed by atoms with van der Waals surface area (Å²) in [6, 6.07) is 5.92. The number of hydrogen-bond acceptors (Lipinski definition) is 3. The van der Waals surface area contributed by atoms with Crippen LogP contribution in [0.25, 0.3) is 0 Å². The molecule has 5 aliphatic rings. The van der Waals surface area contributed by atoms with Crippen LogP contribution in [0, 0.1) is 23.2 Å². The largest absolute Gasteiger partial charge is 0.370 e. The topological polar surface area (TPSA) is 44.4 Å². The molecule has 6 rings (SSSR count). The molecule has 1 aromatic carbocycles. The van der Waals surface area contributed by atoms with Crippen LogP contribution in [0.5, 0.6) is 0 Å². The highest BCUT2D eigenvalue weighted by Crippen LogP contribution is 2.59. The Kier molecular flexibility index (Phi) is 6.34. The maximum absolute atomic E-state index is 13.0. The van der Waals surface area contributed by atoms with E-state index in [1.54, 1.807) is 0 Å². The number of anilines is 1. The summed E-state index contributed by atoms with van der Waals surface area (Å²) in [4.78, 5) is 15.4. The lowest BCUT2D eigenvalue weighted by Crippen LogP contribution is -2.51. The van der Waals surface area contributed by atoms with Crippen molar-refractivity contribution in [1.82, 2.24) is 10.6 Å². The van der Waals surface area contributed by atoms with E-state index in [9.17, 15) is 4.79 Å². The lowest BCUT2D eigenvalue weighted by Gasteiger charge is -2.56. The van der Waals surface area contributed by atoms with Gasteiger partial charge in [0, 0.05) is 31.9 Å². The molecule has 1 aliphatic heterocycles. The summed E-state index contributed by atoms with van der Waals surface area (Å²) in [6.45, 7) is 4.85.